The van der Waals surface area contributed by atoms with Crippen LogP contribution in [0.2, 0.25) is 5.15 Å². The van der Waals surface area contributed by atoms with Gasteiger partial charge in [0, 0.05) is 43.0 Å². The van der Waals surface area contributed by atoms with E-state index in [9.17, 15) is 9.18 Å². The lowest BCUT2D eigenvalue weighted by Crippen LogP contribution is -2.24. The van der Waals surface area contributed by atoms with Crippen molar-refractivity contribution in [3.05, 3.63) is 93.6 Å². The first-order valence-electron chi connectivity index (χ1n) is 8.52. The Bertz CT molecular complexity index is 1180. The summed E-state index contributed by atoms with van der Waals surface area (Å²) in [7, 11) is 0. The number of halogens is 2. The zero-order chi connectivity index (χ0) is 19.5. The minimum absolute atomic E-state index is 0.189. The van der Waals surface area contributed by atoms with Gasteiger partial charge in [-0.3, -0.25) is 9.78 Å². The molecule has 1 N–H and O–H groups in total. The first kappa shape index (κ1) is 18.1. The second-order valence-electron chi connectivity index (χ2n) is 6.23. The van der Waals surface area contributed by atoms with E-state index in [1.54, 1.807) is 30.6 Å². The van der Waals surface area contributed by atoms with Gasteiger partial charge in [-0.1, -0.05) is 23.7 Å². The number of benzene rings is 1. The third-order valence-electron chi connectivity index (χ3n) is 4.34. The summed E-state index contributed by atoms with van der Waals surface area (Å²) in [5.41, 5.74) is 1.51. The van der Waals surface area contributed by atoms with Crippen LogP contribution in [0.1, 0.15) is 11.1 Å². The summed E-state index contributed by atoms with van der Waals surface area (Å²) in [4.78, 5) is 28.9. The van der Waals surface area contributed by atoms with Crippen LogP contribution in [0.3, 0.4) is 0 Å². The van der Waals surface area contributed by atoms with E-state index in [0.29, 0.717) is 35.0 Å². The molecule has 0 aliphatic carbocycles. The number of aromatic amines is 1. The fourth-order valence-electron chi connectivity index (χ4n) is 3.07. The summed E-state index contributed by atoms with van der Waals surface area (Å²) in [6.45, 7) is 0.832. The molecule has 0 unspecified atom stereocenters. The fourth-order valence-corrected chi connectivity index (χ4v) is 3.22. The largest absolute Gasteiger partial charge is 0.348 e. The summed E-state index contributed by atoms with van der Waals surface area (Å²) in [6, 6.07) is 11.6. The molecule has 0 saturated heterocycles. The number of pyridine rings is 2. The molecule has 0 spiro atoms. The highest BCUT2D eigenvalue weighted by Gasteiger charge is 2.14. The van der Waals surface area contributed by atoms with Gasteiger partial charge in [0.05, 0.1) is 5.52 Å². The van der Waals surface area contributed by atoms with Crippen molar-refractivity contribution in [2.75, 3.05) is 4.90 Å². The van der Waals surface area contributed by atoms with Crippen molar-refractivity contribution in [2.24, 2.45) is 0 Å². The van der Waals surface area contributed by atoms with Crippen LogP contribution in [0, 0.1) is 5.82 Å². The highest BCUT2D eigenvalue weighted by atomic mass is 35.5. The highest BCUT2D eigenvalue weighted by Crippen LogP contribution is 2.24. The van der Waals surface area contributed by atoms with Crippen molar-refractivity contribution in [2.45, 2.75) is 13.1 Å². The van der Waals surface area contributed by atoms with E-state index in [2.05, 4.69) is 19.9 Å². The Balaban J connectivity index is 1.79. The van der Waals surface area contributed by atoms with Gasteiger partial charge in [-0.2, -0.15) is 0 Å². The number of H-pyrrole nitrogens is 1. The smallest absolute Gasteiger partial charge is 0.248 e. The van der Waals surface area contributed by atoms with E-state index in [-0.39, 0.29) is 11.1 Å². The molecule has 0 amide bonds. The number of anilines is 1. The molecule has 3 aromatic heterocycles. The zero-order valence-corrected chi connectivity index (χ0v) is 15.4. The van der Waals surface area contributed by atoms with Crippen molar-refractivity contribution in [1.82, 2.24) is 19.9 Å². The van der Waals surface area contributed by atoms with Crippen LogP contribution in [-0.4, -0.2) is 19.9 Å². The molecule has 6 nitrogen and oxygen atoms in total. The maximum Gasteiger partial charge on any atom is 0.248 e. The van der Waals surface area contributed by atoms with Gasteiger partial charge in [-0.05, 0) is 29.3 Å². The van der Waals surface area contributed by atoms with E-state index in [1.807, 2.05) is 17.0 Å². The van der Waals surface area contributed by atoms with Gasteiger partial charge in [-0.15, -0.1) is 0 Å². The molecule has 28 heavy (non-hydrogen) atoms. The molecule has 4 rings (SSSR count). The van der Waals surface area contributed by atoms with Crippen molar-refractivity contribution in [3.63, 3.8) is 0 Å². The number of para-hydroxylation sites is 1. The van der Waals surface area contributed by atoms with Gasteiger partial charge in [0.2, 0.25) is 5.56 Å². The number of hydrogen-bond donors (Lipinski definition) is 1. The van der Waals surface area contributed by atoms with Crippen LogP contribution >= 0.6 is 11.6 Å². The Morgan fingerprint density at radius 2 is 1.89 bits per heavy atom. The Hall–Kier alpha value is -3.32. The summed E-state index contributed by atoms with van der Waals surface area (Å²) in [5, 5.41) is 0.950. The van der Waals surface area contributed by atoms with Crippen LogP contribution in [0.25, 0.3) is 10.9 Å². The van der Waals surface area contributed by atoms with Crippen LogP contribution in [0.5, 0.6) is 0 Å². The SMILES string of the molecule is O=c1cc(CN(Cc2ccncc2)c2cc(Cl)ncn2)c2cccc(F)c2[nH]1. The number of aromatic nitrogens is 4. The molecular weight excluding hydrogens is 381 g/mol. The first-order valence-corrected chi connectivity index (χ1v) is 8.90. The molecule has 0 radical (unpaired) electrons. The maximum atomic E-state index is 14.2. The average molecular weight is 396 g/mol. The Morgan fingerprint density at radius 1 is 1.07 bits per heavy atom. The van der Waals surface area contributed by atoms with Gasteiger partial charge in [0.1, 0.15) is 23.1 Å². The number of nitrogens with one attached hydrogen (secondary N) is 1. The van der Waals surface area contributed by atoms with Gasteiger partial charge in [-0.25, -0.2) is 14.4 Å². The minimum Gasteiger partial charge on any atom is -0.348 e. The molecular formula is C20H15ClFN5O. The maximum absolute atomic E-state index is 14.2. The van der Waals surface area contributed by atoms with Crippen LogP contribution in [0.15, 0.2) is 66.0 Å². The van der Waals surface area contributed by atoms with Crippen LogP contribution in [-0.2, 0) is 13.1 Å². The van der Waals surface area contributed by atoms with E-state index in [0.717, 1.165) is 5.56 Å². The predicted molar refractivity (Wildman–Crippen MR) is 106 cm³/mol. The van der Waals surface area contributed by atoms with Gasteiger partial charge in [0.15, 0.2) is 0 Å². The second kappa shape index (κ2) is 7.74. The molecule has 1 aromatic carbocycles. The normalized spacial score (nSPS) is 10.9. The molecule has 0 aliphatic rings. The lowest BCUT2D eigenvalue weighted by atomic mass is 10.1. The quantitative estimate of drug-likeness (QED) is 0.521. The standard InChI is InChI=1S/C20H15ClFN5O/c21-17-9-18(25-12-24-17)27(10-13-4-6-23-7-5-13)11-14-8-19(28)26-20-15(14)2-1-3-16(20)22/h1-9,12H,10-11H2,(H,26,28). The molecule has 140 valence electrons. The van der Waals surface area contributed by atoms with Gasteiger partial charge in [0.25, 0.3) is 0 Å². The highest BCUT2D eigenvalue weighted by molar-refractivity contribution is 6.29. The summed E-state index contributed by atoms with van der Waals surface area (Å²) < 4.78 is 14.2. The Labute approximate surface area is 164 Å². The predicted octanol–water partition coefficient (Wildman–Crippen LogP) is 3.71. The molecule has 0 aliphatic heterocycles. The average Bonchev–Trinajstić information content (AvgIpc) is 2.69. The Morgan fingerprint density at radius 3 is 2.68 bits per heavy atom. The third-order valence-corrected chi connectivity index (χ3v) is 4.55. The van der Waals surface area contributed by atoms with Crippen molar-refractivity contribution in [1.29, 1.82) is 0 Å². The molecule has 0 atom stereocenters. The minimum atomic E-state index is -0.470. The summed E-state index contributed by atoms with van der Waals surface area (Å²) in [6.07, 6.45) is 4.80. The van der Waals surface area contributed by atoms with E-state index in [4.69, 9.17) is 11.6 Å². The number of rotatable bonds is 5. The molecule has 0 bridgehead atoms. The third kappa shape index (κ3) is 3.84. The van der Waals surface area contributed by atoms with Crippen LogP contribution in [0.4, 0.5) is 10.2 Å². The monoisotopic (exact) mass is 395 g/mol. The van der Waals surface area contributed by atoms with Crippen LogP contribution < -0.4 is 10.5 Å². The van der Waals surface area contributed by atoms with Crippen molar-refractivity contribution in [3.8, 4) is 0 Å². The lowest BCUT2D eigenvalue weighted by Gasteiger charge is -2.24. The topological polar surface area (TPSA) is 74.8 Å². The fraction of sp³-hybridized carbons (Fsp3) is 0.100. The first-order chi connectivity index (χ1) is 13.6. The zero-order valence-electron chi connectivity index (χ0n) is 14.6. The number of fused-ring (bicyclic) bond motifs is 1. The second-order valence-corrected chi connectivity index (χ2v) is 6.62. The van der Waals surface area contributed by atoms with Gasteiger partial charge >= 0.3 is 0 Å². The van der Waals surface area contributed by atoms with E-state index in [1.165, 1.54) is 18.5 Å². The van der Waals surface area contributed by atoms with E-state index >= 15 is 0 Å². The van der Waals surface area contributed by atoms with Crippen molar-refractivity contribution >= 4 is 28.3 Å². The lowest BCUT2D eigenvalue weighted by molar-refractivity contribution is 0.636. The molecule has 3 heterocycles. The Kier molecular flexibility index (Phi) is 4.99. The number of nitrogens with zero attached hydrogens (tertiary/aromatic N) is 4. The van der Waals surface area contributed by atoms with E-state index < -0.39 is 5.82 Å². The molecule has 0 saturated carbocycles. The number of hydrogen-bond acceptors (Lipinski definition) is 5. The van der Waals surface area contributed by atoms with Gasteiger partial charge < -0.3 is 9.88 Å². The molecule has 4 aromatic rings. The summed E-state index contributed by atoms with van der Waals surface area (Å²) in [5.74, 6) is 0.129. The summed E-state index contributed by atoms with van der Waals surface area (Å²) >= 11 is 6.04. The van der Waals surface area contributed by atoms with Crippen molar-refractivity contribution < 1.29 is 4.39 Å². The molecule has 0 fully saturated rings. The molecule has 8 heteroatoms.